The number of aryl methyl sites for hydroxylation is 2. The Morgan fingerprint density at radius 1 is 1.50 bits per heavy atom. The quantitative estimate of drug-likeness (QED) is 0.660. The van der Waals surface area contributed by atoms with Crippen LogP contribution in [-0.4, -0.2) is 40.4 Å². The highest BCUT2D eigenvalue weighted by molar-refractivity contribution is 7.80. The van der Waals surface area contributed by atoms with Gasteiger partial charge in [-0.05, 0) is 26.2 Å². The molecule has 110 valence electrons. The fourth-order valence-electron chi connectivity index (χ4n) is 2.83. The highest BCUT2D eigenvalue weighted by Crippen LogP contribution is 2.30. The van der Waals surface area contributed by atoms with Gasteiger partial charge in [0.15, 0.2) is 0 Å². The lowest BCUT2D eigenvalue weighted by atomic mass is 10.0. The van der Waals surface area contributed by atoms with Crippen LogP contribution < -0.4 is 10.6 Å². The van der Waals surface area contributed by atoms with E-state index in [1.807, 2.05) is 18.9 Å². The maximum Gasteiger partial charge on any atom is 0.328 e. The minimum absolute atomic E-state index is 0.225. The number of anilines is 1. The van der Waals surface area contributed by atoms with E-state index in [-0.39, 0.29) is 12.0 Å². The molecular weight excluding hydrogens is 276 g/mol. The van der Waals surface area contributed by atoms with Crippen molar-refractivity contribution in [3.8, 4) is 0 Å². The third-order valence-electron chi connectivity index (χ3n) is 3.69. The van der Waals surface area contributed by atoms with E-state index in [4.69, 9.17) is 22.7 Å². The summed E-state index contributed by atoms with van der Waals surface area (Å²) in [5.41, 5.74) is 7.35. The van der Waals surface area contributed by atoms with E-state index in [1.165, 1.54) is 7.11 Å². The van der Waals surface area contributed by atoms with Gasteiger partial charge in [-0.3, -0.25) is 4.68 Å². The highest BCUT2D eigenvalue weighted by atomic mass is 32.1. The van der Waals surface area contributed by atoms with Gasteiger partial charge in [0, 0.05) is 13.6 Å². The second-order valence-corrected chi connectivity index (χ2v) is 5.44. The zero-order valence-corrected chi connectivity index (χ0v) is 12.9. The predicted molar refractivity (Wildman–Crippen MR) is 80.8 cm³/mol. The number of aromatic nitrogens is 2. The van der Waals surface area contributed by atoms with Gasteiger partial charge < -0.3 is 15.4 Å². The molecule has 0 aromatic carbocycles. The molecule has 1 saturated heterocycles. The van der Waals surface area contributed by atoms with Crippen molar-refractivity contribution in [2.45, 2.75) is 32.2 Å². The molecule has 0 aliphatic carbocycles. The molecule has 0 radical (unpaired) electrons. The summed E-state index contributed by atoms with van der Waals surface area (Å²) in [6, 6.07) is -0.295. The third-order valence-corrected chi connectivity index (χ3v) is 3.89. The zero-order chi connectivity index (χ0) is 14.9. The van der Waals surface area contributed by atoms with Crippen LogP contribution in [0.25, 0.3) is 0 Å². The van der Waals surface area contributed by atoms with E-state index < -0.39 is 0 Å². The Morgan fingerprint density at radius 3 is 2.80 bits per heavy atom. The standard InChI is InChI=1S/C13H20N4O2S/c1-8-10(11(14)20)12(16(2)15-8)17-7-5-4-6-9(17)13(18)19-3/h9H,4-7H2,1-3H3,(H2,14,20). The molecule has 20 heavy (non-hydrogen) atoms. The molecule has 1 aromatic rings. The van der Waals surface area contributed by atoms with Crippen molar-refractivity contribution in [3.63, 3.8) is 0 Å². The lowest BCUT2D eigenvalue weighted by molar-refractivity contribution is -0.142. The van der Waals surface area contributed by atoms with Gasteiger partial charge in [-0.2, -0.15) is 5.10 Å². The number of hydrogen-bond acceptors (Lipinski definition) is 5. The summed E-state index contributed by atoms with van der Waals surface area (Å²) in [6.45, 7) is 2.64. The molecule has 2 rings (SSSR count). The van der Waals surface area contributed by atoms with Gasteiger partial charge in [-0.15, -0.1) is 0 Å². The zero-order valence-electron chi connectivity index (χ0n) is 12.0. The van der Waals surface area contributed by atoms with E-state index in [0.29, 0.717) is 4.99 Å². The maximum absolute atomic E-state index is 12.0. The van der Waals surface area contributed by atoms with Crippen molar-refractivity contribution in [1.29, 1.82) is 0 Å². The lowest BCUT2D eigenvalue weighted by Crippen LogP contribution is -2.46. The Morgan fingerprint density at radius 2 is 2.20 bits per heavy atom. The number of thiocarbonyl (C=S) groups is 1. The fraction of sp³-hybridized carbons (Fsp3) is 0.615. The third kappa shape index (κ3) is 2.49. The summed E-state index contributed by atoms with van der Waals surface area (Å²) < 4.78 is 6.66. The van der Waals surface area contributed by atoms with E-state index in [1.54, 1.807) is 4.68 Å². The molecule has 2 N–H and O–H groups in total. The lowest BCUT2D eigenvalue weighted by Gasteiger charge is -2.35. The largest absolute Gasteiger partial charge is 0.467 e. The van der Waals surface area contributed by atoms with E-state index in [0.717, 1.165) is 42.9 Å². The molecule has 0 bridgehead atoms. The smallest absolute Gasteiger partial charge is 0.328 e. The van der Waals surface area contributed by atoms with Crippen LogP contribution in [0, 0.1) is 6.92 Å². The topological polar surface area (TPSA) is 73.4 Å². The number of methoxy groups -OCH3 is 1. The molecule has 0 spiro atoms. The number of nitrogens with zero attached hydrogens (tertiary/aromatic N) is 3. The van der Waals surface area contributed by atoms with Gasteiger partial charge >= 0.3 is 5.97 Å². The summed E-state index contributed by atoms with van der Waals surface area (Å²) in [4.78, 5) is 14.3. The van der Waals surface area contributed by atoms with Crippen LogP contribution in [0.1, 0.15) is 30.5 Å². The molecule has 0 amide bonds. The minimum Gasteiger partial charge on any atom is -0.467 e. The number of piperidine rings is 1. The molecule has 6 nitrogen and oxygen atoms in total. The number of carbonyl (C=O) groups is 1. The van der Waals surface area contributed by atoms with Crippen molar-refractivity contribution < 1.29 is 9.53 Å². The van der Waals surface area contributed by atoms with Crippen LogP contribution in [-0.2, 0) is 16.6 Å². The van der Waals surface area contributed by atoms with Gasteiger partial charge in [0.05, 0.1) is 18.4 Å². The average molecular weight is 296 g/mol. The Bertz CT molecular complexity index is 541. The van der Waals surface area contributed by atoms with E-state index >= 15 is 0 Å². The maximum atomic E-state index is 12.0. The molecule has 1 aliphatic rings. The molecule has 7 heteroatoms. The first-order chi connectivity index (χ1) is 9.47. The van der Waals surface area contributed by atoms with Crippen molar-refractivity contribution in [1.82, 2.24) is 9.78 Å². The van der Waals surface area contributed by atoms with Crippen LogP contribution in [0.4, 0.5) is 5.82 Å². The summed E-state index contributed by atoms with van der Waals surface area (Å²) in [7, 11) is 3.26. The first kappa shape index (κ1) is 14.8. The normalized spacial score (nSPS) is 18.9. The van der Waals surface area contributed by atoms with Crippen molar-refractivity contribution >= 4 is 29.0 Å². The van der Waals surface area contributed by atoms with Gasteiger partial charge in [-0.1, -0.05) is 12.2 Å². The molecule has 1 atom stereocenters. The van der Waals surface area contributed by atoms with Crippen molar-refractivity contribution in [2.75, 3.05) is 18.6 Å². The first-order valence-electron chi connectivity index (χ1n) is 6.65. The van der Waals surface area contributed by atoms with E-state index in [9.17, 15) is 4.79 Å². The number of hydrogen-bond donors (Lipinski definition) is 1. The SMILES string of the molecule is COC(=O)C1CCCCN1c1c(C(N)=S)c(C)nn1C. The van der Waals surface area contributed by atoms with Crippen LogP contribution in [0.5, 0.6) is 0 Å². The summed E-state index contributed by atoms with van der Waals surface area (Å²) in [5.74, 6) is 0.586. The van der Waals surface area contributed by atoms with Crippen LogP contribution >= 0.6 is 12.2 Å². The number of rotatable bonds is 3. The van der Waals surface area contributed by atoms with Crippen LogP contribution in [0.2, 0.25) is 0 Å². The number of carbonyl (C=O) groups excluding carboxylic acids is 1. The molecule has 1 unspecified atom stereocenters. The van der Waals surface area contributed by atoms with Crippen molar-refractivity contribution in [2.24, 2.45) is 12.8 Å². The molecule has 1 fully saturated rings. The van der Waals surface area contributed by atoms with Crippen LogP contribution in [0.3, 0.4) is 0 Å². The van der Waals surface area contributed by atoms with E-state index in [2.05, 4.69) is 5.10 Å². The van der Waals surface area contributed by atoms with Gasteiger partial charge in [-0.25, -0.2) is 4.79 Å². The molecule has 0 saturated carbocycles. The molecule has 1 aliphatic heterocycles. The average Bonchev–Trinajstić information content (AvgIpc) is 2.72. The summed E-state index contributed by atoms with van der Waals surface area (Å²) in [6.07, 6.45) is 2.80. The Hall–Kier alpha value is -1.63. The Labute approximate surface area is 123 Å². The first-order valence-corrected chi connectivity index (χ1v) is 7.06. The summed E-state index contributed by atoms with van der Waals surface area (Å²) >= 11 is 5.13. The number of ether oxygens (including phenoxy) is 1. The summed E-state index contributed by atoms with van der Waals surface area (Å²) in [5, 5.41) is 4.38. The Balaban J connectivity index is 2.47. The second-order valence-electron chi connectivity index (χ2n) is 5.00. The number of nitrogens with two attached hydrogens (primary N) is 1. The van der Waals surface area contributed by atoms with Crippen molar-refractivity contribution in [3.05, 3.63) is 11.3 Å². The minimum atomic E-state index is -0.295. The predicted octanol–water partition coefficient (Wildman–Crippen LogP) is 0.895. The van der Waals surface area contributed by atoms with Gasteiger partial charge in [0.1, 0.15) is 16.8 Å². The molecule has 1 aromatic heterocycles. The Kier molecular flexibility index (Phi) is 4.27. The van der Waals surface area contributed by atoms with Crippen LogP contribution in [0.15, 0.2) is 0 Å². The van der Waals surface area contributed by atoms with Gasteiger partial charge in [0.25, 0.3) is 0 Å². The monoisotopic (exact) mass is 296 g/mol. The fourth-order valence-corrected chi connectivity index (χ4v) is 3.07. The highest BCUT2D eigenvalue weighted by Gasteiger charge is 2.33. The number of esters is 1. The second kappa shape index (κ2) is 5.78. The molecule has 2 heterocycles. The molecular formula is C13H20N4O2S. The van der Waals surface area contributed by atoms with Gasteiger partial charge in [0.2, 0.25) is 0 Å².